The van der Waals surface area contributed by atoms with Crippen molar-refractivity contribution in [1.82, 2.24) is 5.32 Å². The molecule has 0 aliphatic heterocycles. The van der Waals surface area contributed by atoms with Crippen LogP contribution >= 0.6 is 19.3 Å². The molecule has 1 N–H and O–H groups in total. The van der Waals surface area contributed by atoms with E-state index in [4.69, 9.17) is 0 Å². The van der Waals surface area contributed by atoms with E-state index >= 15 is 0 Å². The SMILES string of the molecule is CCCCCCC(NCCP(c1ccccc1)c1ccccc1)c1ccc(CC)s1. The lowest BCUT2D eigenvalue weighted by Gasteiger charge is -2.22. The highest BCUT2D eigenvalue weighted by molar-refractivity contribution is 7.73. The normalized spacial score (nSPS) is 12.4. The van der Waals surface area contributed by atoms with Crippen molar-refractivity contribution < 1.29 is 0 Å². The van der Waals surface area contributed by atoms with Gasteiger partial charge in [-0.3, -0.25) is 0 Å². The minimum Gasteiger partial charge on any atom is -0.309 e. The molecule has 3 aromatic rings. The van der Waals surface area contributed by atoms with Gasteiger partial charge in [0.15, 0.2) is 0 Å². The Balaban J connectivity index is 1.66. The molecule has 1 heterocycles. The quantitative estimate of drug-likeness (QED) is 0.223. The Labute approximate surface area is 188 Å². The molecule has 3 rings (SSSR count). The summed E-state index contributed by atoms with van der Waals surface area (Å²) in [7, 11) is -0.326. The zero-order chi connectivity index (χ0) is 21.0. The lowest BCUT2D eigenvalue weighted by Crippen LogP contribution is -2.26. The first-order valence-electron chi connectivity index (χ1n) is 11.5. The van der Waals surface area contributed by atoms with Crippen LogP contribution in [0.1, 0.15) is 61.7 Å². The molecule has 1 aromatic heterocycles. The molecule has 160 valence electrons. The summed E-state index contributed by atoms with van der Waals surface area (Å²) in [6, 6.07) is 27.3. The Hall–Kier alpha value is -1.47. The van der Waals surface area contributed by atoms with Gasteiger partial charge in [-0.15, -0.1) is 11.3 Å². The number of benzene rings is 2. The molecule has 1 unspecified atom stereocenters. The van der Waals surface area contributed by atoms with Crippen LogP contribution in [0, 0.1) is 0 Å². The fourth-order valence-corrected chi connectivity index (χ4v) is 7.16. The van der Waals surface area contributed by atoms with Crippen molar-refractivity contribution in [1.29, 1.82) is 0 Å². The monoisotopic (exact) mass is 437 g/mol. The first kappa shape index (κ1) is 23.2. The Morgan fingerprint density at radius 1 is 0.800 bits per heavy atom. The van der Waals surface area contributed by atoms with Crippen LogP contribution in [0.5, 0.6) is 0 Å². The van der Waals surface area contributed by atoms with Crippen molar-refractivity contribution in [2.75, 3.05) is 12.7 Å². The van der Waals surface area contributed by atoms with E-state index in [1.807, 2.05) is 11.3 Å². The first-order chi connectivity index (χ1) is 14.8. The lowest BCUT2D eigenvalue weighted by molar-refractivity contribution is 0.489. The van der Waals surface area contributed by atoms with Crippen LogP contribution in [0.15, 0.2) is 72.8 Å². The van der Waals surface area contributed by atoms with Gasteiger partial charge < -0.3 is 5.32 Å². The number of nitrogens with one attached hydrogen (secondary N) is 1. The van der Waals surface area contributed by atoms with Gasteiger partial charge in [-0.25, -0.2) is 0 Å². The molecule has 0 radical (unpaired) electrons. The number of unbranched alkanes of at least 4 members (excludes halogenated alkanes) is 3. The zero-order valence-corrected chi connectivity index (χ0v) is 20.2. The number of aryl methyl sites for hydroxylation is 1. The summed E-state index contributed by atoms with van der Waals surface area (Å²) in [6.45, 7) is 5.61. The molecule has 2 aromatic carbocycles. The minimum atomic E-state index is -0.326. The molecular formula is C27H36NPS. The van der Waals surface area contributed by atoms with E-state index in [1.165, 1.54) is 58.6 Å². The van der Waals surface area contributed by atoms with Gasteiger partial charge in [0.1, 0.15) is 0 Å². The number of hydrogen-bond donors (Lipinski definition) is 1. The molecule has 0 spiro atoms. The van der Waals surface area contributed by atoms with E-state index in [0.717, 1.165) is 13.0 Å². The Kier molecular flexibility index (Phi) is 10.1. The van der Waals surface area contributed by atoms with E-state index in [9.17, 15) is 0 Å². The van der Waals surface area contributed by atoms with Crippen LogP contribution in [0.4, 0.5) is 0 Å². The Morgan fingerprint density at radius 3 is 2.03 bits per heavy atom. The lowest BCUT2D eigenvalue weighted by atomic mass is 10.1. The highest BCUT2D eigenvalue weighted by atomic mass is 32.1. The third kappa shape index (κ3) is 7.05. The van der Waals surface area contributed by atoms with Crippen LogP contribution in [-0.4, -0.2) is 12.7 Å². The smallest absolute Gasteiger partial charge is 0.0415 e. The summed E-state index contributed by atoms with van der Waals surface area (Å²) in [5.41, 5.74) is 0. The van der Waals surface area contributed by atoms with E-state index < -0.39 is 0 Å². The van der Waals surface area contributed by atoms with Gasteiger partial charge >= 0.3 is 0 Å². The molecule has 0 aliphatic rings. The minimum absolute atomic E-state index is 0.326. The third-order valence-electron chi connectivity index (χ3n) is 5.58. The molecule has 1 nitrogen and oxygen atoms in total. The van der Waals surface area contributed by atoms with Crippen LogP contribution in [-0.2, 0) is 6.42 Å². The second kappa shape index (κ2) is 13.1. The average Bonchev–Trinajstić information content (AvgIpc) is 3.28. The number of hydrogen-bond acceptors (Lipinski definition) is 2. The molecule has 0 amide bonds. The van der Waals surface area contributed by atoms with Gasteiger partial charge in [0.25, 0.3) is 0 Å². The zero-order valence-electron chi connectivity index (χ0n) is 18.5. The Morgan fingerprint density at radius 2 is 1.47 bits per heavy atom. The topological polar surface area (TPSA) is 12.0 Å². The predicted octanol–water partition coefficient (Wildman–Crippen LogP) is 7.04. The van der Waals surface area contributed by atoms with Gasteiger partial charge in [0.05, 0.1) is 0 Å². The van der Waals surface area contributed by atoms with Gasteiger partial charge in [0, 0.05) is 22.3 Å². The molecule has 0 aliphatic carbocycles. The fraction of sp³-hybridized carbons (Fsp3) is 0.407. The molecule has 30 heavy (non-hydrogen) atoms. The van der Waals surface area contributed by atoms with Crippen molar-refractivity contribution in [2.45, 2.75) is 58.4 Å². The maximum absolute atomic E-state index is 3.95. The maximum Gasteiger partial charge on any atom is 0.0415 e. The molecular weight excluding hydrogens is 401 g/mol. The second-order valence-electron chi connectivity index (χ2n) is 7.84. The van der Waals surface area contributed by atoms with Gasteiger partial charge in [-0.1, -0.05) is 100 Å². The average molecular weight is 438 g/mol. The molecule has 0 saturated carbocycles. The van der Waals surface area contributed by atoms with Crippen molar-refractivity contribution in [2.24, 2.45) is 0 Å². The number of rotatable bonds is 13. The Bertz CT molecular complexity index is 791. The highest BCUT2D eigenvalue weighted by Crippen LogP contribution is 2.33. The standard InChI is InChI=1S/C27H36NPS/c1-3-5-6-13-18-26(27-20-19-25(4-2)30-27)28-21-22-29(23-14-9-7-10-15-23)24-16-11-8-12-17-24/h7-12,14-17,19-20,26,28H,3-6,13,18,21-22H2,1-2H3. The summed E-state index contributed by atoms with van der Waals surface area (Å²) in [6.07, 6.45) is 8.89. The number of thiophene rings is 1. The summed E-state index contributed by atoms with van der Waals surface area (Å²) < 4.78 is 0. The summed E-state index contributed by atoms with van der Waals surface area (Å²) >= 11 is 2.00. The molecule has 0 bridgehead atoms. The van der Waals surface area contributed by atoms with Crippen molar-refractivity contribution in [3.8, 4) is 0 Å². The van der Waals surface area contributed by atoms with Crippen molar-refractivity contribution in [3.63, 3.8) is 0 Å². The third-order valence-corrected chi connectivity index (χ3v) is 9.44. The molecule has 1 atom stereocenters. The second-order valence-corrected chi connectivity index (χ2v) is 11.4. The van der Waals surface area contributed by atoms with E-state index in [2.05, 4.69) is 92.0 Å². The van der Waals surface area contributed by atoms with Gasteiger partial charge in [0.2, 0.25) is 0 Å². The van der Waals surface area contributed by atoms with E-state index in [0.29, 0.717) is 6.04 Å². The van der Waals surface area contributed by atoms with Gasteiger partial charge in [-0.2, -0.15) is 0 Å². The molecule has 3 heteroatoms. The van der Waals surface area contributed by atoms with Crippen molar-refractivity contribution >= 4 is 29.9 Å². The molecule has 0 fully saturated rings. The van der Waals surface area contributed by atoms with Crippen LogP contribution in [0.3, 0.4) is 0 Å². The largest absolute Gasteiger partial charge is 0.309 e. The fourth-order valence-electron chi connectivity index (χ4n) is 3.87. The van der Waals surface area contributed by atoms with Crippen LogP contribution in [0.25, 0.3) is 0 Å². The van der Waals surface area contributed by atoms with Crippen molar-refractivity contribution in [3.05, 3.63) is 82.6 Å². The predicted molar refractivity (Wildman–Crippen MR) is 137 cm³/mol. The summed E-state index contributed by atoms with van der Waals surface area (Å²) in [5.74, 6) is 0. The summed E-state index contributed by atoms with van der Waals surface area (Å²) in [5, 5.41) is 6.90. The van der Waals surface area contributed by atoms with E-state index in [1.54, 1.807) is 0 Å². The van der Waals surface area contributed by atoms with E-state index in [-0.39, 0.29) is 7.92 Å². The van der Waals surface area contributed by atoms with Crippen LogP contribution < -0.4 is 15.9 Å². The first-order valence-corrected chi connectivity index (χ1v) is 13.9. The van der Waals surface area contributed by atoms with Crippen LogP contribution in [0.2, 0.25) is 0 Å². The molecule has 0 saturated heterocycles. The highest BCUT2D eigenvalue weighted by Gasteiger charge is 2.16. The summed E-state index contributed by atoms with van der Waals surface area (Å²) in [4.78, 5) is 3.02. The van der Waals surface area contributed by atoms with Gasteiger partial charge in [-0.05, 0) is 49.7 Å². The maximum atomic E-state index is 3.95.